The fourth-order valence-electron chi connectivity index (χ4n) is 3.96. The molecule has 0 amide bonds. The van der Waals surface area contributed by atoms with Gasteiger partial charge in [-0.25, -0.2) is 4.98 Å². The minimum absolute atomic E-state index is 0.239. The molecule has 0 fully saturated rings. The molecule has 3 heterocycles. The standard InChI is InChI=1S/C27H24N2O/c1-27(2,3)16-18-11-12-28-24(13-18)20-9-10-25-22(14-20)23-15-21(17-29-26(23)30-25)19-7-5-4-6-8-19/h4-15,17H,16H2,1-3H3. The van der Waals surface area contributed by atoms with E-state index in [9.17, 15) is 0 Å². The molecule has 0 aliphatic heterocycles. The zero-order valence-corrected chi connectivity index (χ0v) is 17.5. The van der Waals surface area contributed by atoms with Crippen molar-refractivity contribution >= 4 is 22.1 Å². The zero-order valence-electron chi connectivity index (χ0n) is 17.5. The number of fused-ring (bicyclic) bond motifs is 3. The van der Waals surface area contributed by atoms with E-state index in [2.05, 4.69) is 73.2 Å². The van der Waals surface area contributed by atoms with Gasteiger partial charge in [0.15, 0.2) is 0 Å². The first-order chi connectivity index (χ1) is 14.5. The smallest absolute Gasteiger partial charge is 0.227 e. The SMILES string of the molecule is CC(C)(C)Cc1ccnc(-c2ccc3oc4ncc(-c5ccccc5)cc4c3c2)c1. The fraction of sp³-hybridized carbons (Fsp3) is 0.185. The van der Waals surface area contributed by atoms with Crippen molar-refractivity contribution < 1.29 is 4.42 Å². The topological polar surface area (TPSA) is 38.9 Å². The lowest BCUT2D eigenvalue weighted by Gasteiger charge is -2.18. The third kappa shape index (κ3) is 3.59. The van der Waals surface area contributed by atoms with Crippen LogP contribution in [0.15, 0.2) is 83.5 Å². The van der Waals surface area contributed by atoms with Gasteiger partial charge in [0.25, 0.3) is 0 Å². The fourth-order valence-corrected chi connectivity index (χ4v) is 3.96. The average Bonchev–Trinajstić information content (AvgIpc) is 3.10. The predicted molar refractivity (Wildman–Crippen MR) is 123 cm³/mol. The lowest BCUT2D eigenvalue weighted by molar-refractivity contribution is 0.411. The summed E-state index contributed by atoms with van der Waals surface area (Å²) in [7, 11) is 0. The van der Waals surface area contributed by atoms with Crippen molar-refractivity contribution in [2.45, 2.75) is 27.2 Å². The Hall–Kier alpha value is -3.46. The quantitative estimate of drug-likeness (QED) is 0.323. The van der Waals surface area contributed by atoms with E-state index in [1.807, 2.05) is 36.7 Å². The molecule has 0 saturated heterocycles. The molecule has 3 heteroatoms. The Balaban J connectivity index is 1.61. The van der Waals surface area contributed by atoms with Gasteiger partial charge >= 0.3 is 0 Å². The van der Waals surface area contributed by atoms with Gasteiger partial charge in [-0.1, -0.05) is 51.1 Å². The highest BCUT2D eigenvalue weighted by Gasteiger charge is 2.14. The highest BCUT2D eigenvalue weighted by molar-refractivity contribution is 6.06. The summed E-state index contributed by atoms with van der Waals surface area (Å²) in [6.45, 7) is 6.77. The summed E-state index contributed by atoms with van der Waals surface area (Å²) in [4.78, 5) is 9.20. The first-order valence-electron chi connectivity index (χ1n) is 10.3. The molecule has 2 aromatic carbocycles. The van der Waals surface area contributed by atoms with Crippen LogP contribution in [0.5, 0.6) is 0 Å². The van der Waals surface area contributed by atoms with E-state index >= 15 is 0 Å². The maximum Gasteiger partial charge on any atom is 0.227 e. The Labute approximate surface area is 176 Å². The molecule has 5 rings (SSSR count). The summed E-state index contributed by atoms with van der Waals surface area (Å²) in [5.74, 6) is 0. The Morgan fingerprint density at radius 2 is 1.57 bits per heavy atom. The number of aromatic nitrogens is 2. The Kier molecular flexibility index (Phi) is 4.39. The molecule has 0 spiro atoms. The van der Waals surface area contributed by atoms with Gasteiger partial charge in [0, 0.05) is 34.3 Å². The minimum Gasteiger partial charge on any atom is -0.438 e. The number of rotatable bonds is 3. The molecule has 0 bridgehead atoms. The summed E-state index contributed by atoms with van der Waals surface area (Å²) in [6.07, 6.45) is 4.80. The second kappa shape index (κ2) is 7.10. The van der Waals surface area contributed by atoms with E-state index in [1.54, 1.807) is 0 Å². The Morgan fingerprint density at radius 1 is 0.767 bits per heavy atom. The number of pyridine rings is 2. The highest BCUT2D eigenvalue weighted by atomic mass is 16.3. The van der Waals surface area contributed by atoms with Gasteiger partial charge in [-0.15, -0.1) is 0 Å². The molecule has 3 nitrogen and oxygen atoms in total. The van der Waals surface area contributed by atoms with Crippen molar-refractivity contribution in [2.75, 3.05) is 0 Å². The minimum atomic E-state index is 0.239. The molecule has 5 aromatic rings. The van der Waals surface area contributed by atoms with Gasteiger partial charge in [-0.05, 0) is 59.4 Å². The molecule has 30 heavy (non-hydrogen) atoms. The van der Waals surface area contributed by atoms with Crippen LogP contribution in [0.3, 0.4) is 0 Å². The van der Waals surface area contributed by atoms with Crippen LogP contribution in [0.4, 0.5) is 0 Å². The van der Waals surface area contributed by atoms with Gasteiger partial charge in [-0.2, -0.15) is 0 Å². The van der Waals surface area contributed by atoms with Crippen LogP contribution in [-0.2, 0) is 6.42 Å². The van der Waals surface area contributed by atoms with E-state index in [4.69, 9.17) is 4.42 Å². The van der Waals surface area contributed by atoms with Crippen molar-refractivity contribution in [1.29, 1.82) is 0 Å². The van der Waals surface area contributed by atoms with E-state index in [0.29, 0.717) is 5.71 Å². The Bertz CT molecular complexity index is 1340. The molecule has 0 unspecified atom stereocenters. The van der Waals surface area contributed by atoms with Crippen molar-refractivity contribution in [3.05, 3.63) is 84.7 Å². The molecule has 0 radical (unpaired) electrons. The van der Waals surface area contributed by atoms with Gasteiger partial charge in [-0.3, -0.25) is 4.98 Å². The number of hydrogen-bond donors (Lipinski definition) is 0. The molecule has 0 atom stereocenters. The van der Waals surface area contributed by atoms with E-state index in [-0.39, 0.29) is 5.41 Å². The molecular formula is C27H24N2O. The van der Waals surface area contributed by atoms with Crippen LogP contribution >= 0.6 is 0 Å². The van der Waals surface area contributed by atoms with Crippen molar-refractivity contribution in [3.8, 4) is 22.4 Å². The van der Waals surface area contributed by atoms with Crippen LogP contribution in [0.25, 0.3) is 44.5 Å². The van der Waals surface area contributed by atoms with Crippen molar-refractivity contribution in [1.82, 2.24) is 9.97 Å². The average molecular weight is 393 g/mol. The van der Waals surface area contributed by atoms with E-state index in [1.165, 1.54) is 5.56 Å². The monoisotopic (exact) mass is 392 g/mol. The third-order valence-corrected chi connectivity index (χ3v) is 5.29. The summed E-state index contributed by atoms with van der Waals surface area (Å²) < 4.78 is 5.99. The van der Waals surface area contributed by atoms with Gasteiger partial charge < -0.3 is 4.42 Å². The predicted octanol–water partition coefficient (Wildman–Crippen LogP) is 7.30. The summed E-state index contributed by atoms with van der Waals surface area (Å²) >= 11 is 0. The highest BCUT2D eigenvalue weighted by Crippen LogP contribution is 2.33. The Morgan fingerprint density at radius 3 is 2.37 bits per heavy atom. The maximum atomic E-state index is 5.99. The number of nitrogens with zero attached hydrogens (tertiary/aromatic N) is 2. The third-order valence-electron chi connectivity index (χ3n) is 5.29. The normalized spacial score (nSPS) is 12.0. The summed E-state index contributed by atoms with van der Waals surface area (Å²) in [6, 6.07) is 23.0. The summed E-state index contributed by atoms with van der Waals surface area (Å²) in [5, 5.41) is 2.09. The maximum absolute atomic E-state index is 5.99. The van der Waals surface area contributed by atoms with Crippen LogP contribution in [-0.4, -0.2) is 9.97 Å². The number of hydrogen-bond acceptors (Lipinski definition) is 3. The van der Waals surface area contributed by atoms with Crippen LogP contribution in [0.1, 0.15) is 26.3 Å². The molecule has 0 N–H and O–H groups in total. The lowest BCUT2D eigenvalue weighted by atomic mass is 9.88. The molecule has 148 valence electrons. The lowest BCUT2D eigenvalue weighted by Crippen LogP contribution is -2.09. The van der Waals surface area contributed by atoms with Crippen LogP contribution in [0, 0.1) is 5.41 Å². The van der Waals surface area contributed by atoms with Gasteiger partial charge in [0.2, 0.25) is 5.71 Å². The molecular weight excluding hydrogens is 368 g/mol. The largest absolute Gasteiger partial charge is 0.438 e. The first kappa shape index (κ1) is 18.6. The van der Waals surface area contributed by atoms with E-state index < -0.39 is 0 Å². The van der Waals surface area contributed by atoms with Gasteiger partial charge in [0.05, 0.1) is 5.69 Å². The van der Waals surface area contributed by atoms with E-state index in [0.717, 1.165) is 45.2 Å². The molecule has 0 saturated carbocycles. The second-order valence-corrected chi connectivity index (χ2v) is 9.04. The van der Waals surface area contributed by atoms with Crippen LogP contribution in [0.2, 0.25) is 0 Å². The molecule has 3 aromatic heterocycles. The van der Waals surface area contributed by atoms with Gasteiger partial charge in [0.1, 0.15) is 5.58 Å². The van der Waals surface area contributed by atoms with Crippen molar-refractivity contribution in [3.63, 3.8) is 0 Å². The molecule has 0 aliphatic rings. The number of furan rings is 1. The van der Waals surface area contributed by atoms with Crippen LogP contribution < -0.4 is 0 Å². The summed E-state index contributed by atoms with van der Waals surface area (Å²) in [5.41, 5.74) is 7.36. The zero-order chi connectivity index (χ0) is 20.7. The first-order valence-corrected chi connectivity index (χ1v) is 10.3. The second-order valence-electron chi connectivity index (χ2n) is 9.04. The molecule has 0 aliphatic carbocycles. The van der Waals surface area contributed by atoms with Crippen molar-refractivity contribution in [2.24, 2.45) is 5.41 Å². The number of benzene rings is 2.